The van der Waals surface area contributed by atoms with Crippen LogP contribution in [0.25, 0.3) is 17.4 Å². The second-order valence-electron chi connectivity index (χ2n) is 5.04. The number of furan rings is 1. The zero-order valence-corrected chi connectivity index (χ0v) is 14.7. The van der Waals surface area contributed by atoms with Gasteiger partial charge in [-0.15, -0.1) is 0 Å². The van der Waals surface area contributed by atoms with Crippen molar-refractivity contribution in [1.29, 1.82) is 0 Å². The van der Waals surface area contributed by atoms with Gasteiger partial charge in [0.25, 0.3) is 5.91 Å². The molecular formula is C16H12Cl2N2O2S. The van der Waals surface area contributed by atoms with E-state index < -0.39 is 0 Å². The van der Waals surface area contributed by atoms with E-state index in [4.69, 9.17) is 39.8 Å². The maximum absolute atomic E-state index is 12.2. The van der Waals surface area contributed by atoms with Gasteiger partial charge in [-0.3, -0.25) is 9.69 Å². The van der Waals surface area contributed by atoms with Crippen LogP contribution in [0.5, 0.6) is 0 Å². The van der Waals surface area contributed by atoms with Crippen LogP contribution in [-0.4, -0.2) is 34.9 Å². The van der Waals surface area contributed by atoms with Gasteiger partial charge >= 0.3 is 0 Å². The summed E-state index contributed by atoms with van der Waals surface area (Å²) in [6.45, 7) is 0. The van der Waals surface area contributed by atoms with Crippen LogP contribution in [0.15, 0.2) is 40.4 Å². The smallest absolute Gasteiger partial charge is 0.276 e. The Bertz CT molecular complexity index is 844. The lowest BCUT2D eigenvalue weighted by Crippen LogP contribution is -2.26. The van der Waals surface area contributed by atoms with Crippen molar-refractivity contribution in [2.24, 2.45) is 0 Å². The van der Waals surface area contributed by atoms with Crippen molar-refractivity contribution >= 4 is 52.5 Å². The number of hydrogen-bond acceptors (Lipinski definition) is 3. The largest absolute Gasteiger partial charge is 0.457 e. The Morgan fingerprint density at radius 1 is 1.13 bits per heavy atom. The molecule has 0 N–H and O–H groups in total. The molecular weight excluding hydrogens is 355 g/mol. The van der Waals surface area contributed by atoms with Crippen LogP contribution in [0.4, 0.5) is 0 Å². The molecule has 0 atom stereocenters. The van der Waals surface area contributed by atoms with E-state index in [9.17, 15) is 4.79 Å². The Hall–Kier alpha value is -1.82. The molecule has 1 amide bonds. The van der Waals surface area contributed by atoms with E-state index in [0.717, 1.165) is 0 Å². The molecule has 4 nitrogen and oxygen atoms in total. The number of halogens is 2. The summed E-state index contributed by atoms with van der Waals surface area (Å²) in [5.74, 6) is 0.939. The van der Waals surface area contributed by atoms with E-state index >= 15 is 0 Å². The Labute approximate surface area is 148 Å². The quantitative estimate of drug-likeness (QED) is 0.586. The molecule has 0 unspecified atom stereocenters. The third-order valence-electron chi connectivity index (χ3n) is 3.58. The monoisotopic (exact) mass is 366 g/mol. The Morgan fingerprint density at radius 3 is 2.52 bits per heavy atom. The van der Waals surface area contributed by atoms with Crippen LogP contribution < -0.4 is 0 Å². The highest BCUT2D eigenvalue weighted by molar-refractivity contribution is 7.80. The number of benzene rings is 1. The Balaban J connectivity index is 1.97. The molecule has 0 aliphatic carbocycles. The summed E-state index contributed by atoms with van der Waals surface area (Å²) < 4.78 is 5.77. The van der Waals surface area contributed by atoms with E-state index in [1.807, 2.05) is 6.07 Å². The third kappa shape index (κ3) is 2.76. The number of thiocarbonyl (C=S) groups is 1. The van der Waals surface area contributed by atoms with Gasteiger partial charge in [-0.1, -0.05) is 29.3 Å². The van der Waals surface area contributed by atoms with E-state index in [0.29, 0.717) is 37.9 Å². The summed E-state index contributed by atoms with van der Waals surface area (Å²) in [5.41, 5.74) is 1.15. The molecule has 0 bridgehead atoms. The minimum absolute atomic E-state index is 0.170. The number of nitrogens with zero attached hydrogens (tertiary/aromatic N) is 2. The summed E-state index contributed by atoms with van der Waals surface area (Å²) in [6.07, 6.45) is 1.65. The topological polar surface area (TPSA) is 36.7 Å². The van der Waals surface area contributed by atoms with Crippen molar-refractivity contribution in [1.82, 2.24) is 9.80 Å². The molecule has 2 aromatic rings. The first-order valence-electron chi connectivity index (χ1n) is 6.72. The second kappa shape index (κ2) is 6.00. The maximum Gasteiger partial charge on any atom is 0.276 e. The van der Waals surface area contributed by atoms with Crippen LogP contribution in [0.3, 0.4) is 0 Å². The molecule has 23 heavy (non-hydrogen) atoms. The van der Waals surface area contributed by atoms with Gasteiger partial charge in [-0.25, -0.2) is 0 Å². The van der Waals surface area contributed by atoms with Crippen LogP contribution in [-0.2, 0) is 4.79 Å². The van der Waals surface area contributed by atoms with Crippen LogP contribution >= 0.6 is 35.4 Å². The number of rotatable bonds is 2. The normalized spacial score (nSPS) is 16.8. The lowest BCUT2D eigenvalue weighted by Gasteiger charge is -2.10. The SMILES string of the molecule is CN1C(=O)/C(=C/c2ccc(-c3cccc(Cl)c3Cl)o2)N(C)C1=S. The van der Waals surface area contributed by atoms with Crippen molar-refractivity contribution in [3.8, 4) is 11.3 Å². The van der Waals surface area contributed by atoms with Gasteiger partial charge in [0.15, 0.2) is 5.11 Å². The fourth-order valence-corrected chi connectivity index (χ4v) is 2.87. The first-order chi connectivity index (χ1) is 10.9. The standard InChI is InChI=1S/C16H12Cl2N2O2S/c1-19-12(15(21)20(2)16(19)23)8-9-6-7-13(22-9)10-4-3-5-11(17)14(10)18/h3-8H,1-2H3/b12-8-. The van der Waals surface area contributed by atoms with Crippen LogP contribution in [0.2, 0.25) is 10.0 Å². The van der Waals surface area contributed by atoms with Gasteiger partial charge < -0.3 is 9.32 Å². The predicted molar refractivity (Wildman–Crippen MR) is 95.3 cm³/mol. The summed E-state index contributed by atoms with van der Waals surface area (Å²) in [4.78, 5) is 15.2. The molecule has 1 fully saturated rings. The van der Waals surface area contributed by atoms with Gasteiger partial charge in [0.2, 0.25) is 0 Å². The number of carbonyl (C=O) groups excluding carboxylic acids is 1. The molecule has 1 saturated heterocycles. The Kier molecular flexibility index (Phi) is 4.19. The highest BCUT2D eigenvalue weighted by Gasteiger charge is 2.33. The minimum Gasteiger partial charge on any atom is -0.457 e. The first-order valence-corrected chi connectivity index (χ1v) is 7.88. The number of hydrogen-bond donors (Lipinski definition) is 0. The minimum atomic E-state index is -0.170. The summed E-state index contributed by atoms with van der Waals surface area (Å²) in [7, 11) is 3.38. The van der Waals surface area contributed by atoms with E-state index in [1.54, 1.807) is 49.3 Å². The van der Waals surface area contributed by atoms with Crippen molar-refractivity contribution in [2.45, 2.75) is 0 Å². The zero-order valence-electron chi connectivity index (χ0n) is 12.3. The van der Waals surface area contributed by atoms with Gasteiger partial charge in [-0.05, 0) is 36.5 Å². The molecule has 1 aliphatic rings. The number of amides is 1. The van der Waals surface area contributed by atoms with Crippen molar-refractivity contribution in [3.63, 3.8) is 0 Å². The number of likely N-dealkylation sites (N-methyl/N-ethyl adjacent to an activating group) is 2. The molecule has 7 heteroatoms. The first kappa shape index (κ1) is 16.1. The number of carbonyl (C=O) groups is 1. The molecule has 0 spiro atoms. The summed E-state index contributed by atoms with van der Waals surface area (Å²) >= 11 is 17.4. The van der Waals surface area contributed by atoms with E-state index in [1.165, 1.54) is 4.90 Å². The van der Waals surface area contributed by atoms with Gasteiger partial charge in [-0.2, -0.15) is 0 Å². The molecule has 0 saturated carbocycles. The molecule has 1 aromatic heterocycles. The molecule has 0 radical (unpaired) electrons. The van der Waals surface area contributed by atoms with Gasteiger partial charge in [0.05, 0.1) is 10.0 Å². The second-order valence-corrected chi connectivity index (χ2v) is 6.19. The lowest BCUT2D eigenvalue weighted by molar-refractivity contribution is -0.121. The average Bonchev–Trinajstić information content (AvgIpc) is 3.06. The van der Waals surface area contributed by atoms with Crippen molar-refractivity contribution in [2.75, 3.05) is 14.1 Å². The third-order valence-corrected chi connectivity index (χ3v) is 4.95. The van der Waals surface area contributed by atoms with E-state index in [2.05, 4.69) is 0 Å². The van der Waals surface area contributed by atoms with Crippen LogP contribution in [0, 0.1) is 0 Å². The van der Waals surface area contributed by atoms with E-state index in [-0.39, 0.29) is 5.91 Å². The van der Waals surface area contributed by atoms with Crippen molar-refractivity contribution < 1.29 is 9.21 Å². The fourth-order valence-electron chi connectivity index (χ4n) is 2.29. The Morgan fingerprint density at radius 2 is 1.87 bits per heavy atom. The van der Waals surface area contributed by atoms with Gasteiger partial charge in [0.1, 0.15) is 17.2 Å². The van der Waals surface area contributed by atoms with Crippen molar-refractivity contribution in [3.05, 3.63) is 51.8 Å². The van der Waals surface area contributed by atoms with Crippen LogP contribution in [0.1, 0.15) is 5.76 Å². The maximum atomic E-state index is 12.2. The summed E-state index contributed by atoms with van der Waals surface area (Å²) in [5, 5.41) is 1.33. The molecule has 3 rings (SSSR count). The average molecular weight is 367 g/mol. The molecule has 118 valence electrons. The fraction of sp³-hybridized carbons (Fsp3) is 0.125. The van der Waals surface area contributed by atoms with Gasteiger partial charge in [0, 0.05) is 25.7 Å². The highest BCUT2D eigenvalue weighted by Crippen LogP contribution is 2.34. The predicted octanol–water partition coefficient (Wildman–Crippen LogP) is 4.28. The zero-order chi connectivity index (χ0) is 16.7. The molecule has 1 aliphatic heterocycles. The lowest BCUT2D eigenvalue weighted by atomic mass is 10.2. The molecule has 1 aromatic carbocycles. The highest BCUT2D eigenvalue weighted by atomic mass is 35.5. The molecule has 2 heterocycles. The summed E-state index contributed by atoms with van der Waals surface area (Å²) in [6, 6.07) is 8.88.